The fourth-order valence-corrected chi connectivity index (χ4v) is 6.71. The Morgan fingerprint density at radius 3 is 2.21 bits per heavy atom. The van der Waals surface area contributed by atoms with E-state index < -0.39 is 20.0 Å². The topological polar surface area (TPSA) is 102 Å². The second-order valence-corrected chi connectivity index (χ2v) is 12.4. The maximum atomic E-state index is 13.1. The maximum Gasteiger partial charge on any atom is 0.271 e. The number of fused-ring (bicyclic) bond motifs is 1. The van der Waals surface area contributed by atoms with Crippen molar-refractivity contribution in [3.05, 3.63) is 75.3 Å². The molecule has 0 fully saturated rings. The van der Waals surface area contributed by atoms with Crippen molar-refractivity contribution in [3.63, 3.8) is 0 Å². The zero-order valence-corrected chi connectivity index (χ0v) is 21.1. The molecule has 0 unspecified atom stereocenters. The molecule has 0 atom stereocenters. The zero-order valence-electron chi connectivity index (χ0n) is 17.1. The van der Waals surface area contributed by atoms with Crippen LogP contribution in [-0.4, -0.2) is 16.8 Å². The van der Waals surface area contributed by atoms with E-state index in [9.17, 15) is 16.8 Å². The zero-order chi connectivity index (χ0) is 23.8. The van der Waals surface area contributed by atoms with Crippen molar-refractivity contribution >= 4 is 66.0 Å². The summed E-state index contributed by atoms with van der Waals surface area (Å²) >= 11 is 13.2. The third-order valence-electron chi connectivity index (χ3n) is 4.86. The molecule has 0 aliphatic carbocycles. The molecule has 0 spiro atoms. The van der Waals surface area contributed by atoms with E-state index in [4.69, 9.17) is 27.9 Å². The van der Waals surface area contributed by atoms with Crippen LogP contribution in [0.2, 0.25) is 10.0 Å². The van der Waals surface area contributed by atoms with Crippen LogP contribution in [0, 0.1) is 0 Å². The molecule has 0 bridgehead atoms. The van der Waals surface area contributed by atoms with Gasteiger partial charge in [0.05, 0.1) is 26.3 Å². The van der Waals surface area contributed by atoms with Gasteiger partial charge < -0.3 is 4.74 Å². The molecule has 0 amide bonds. The molecule has 3 aromatic rings. The molecule has 33 heavy (non-hydrogen) atoms. The van der Waals surface area contributed by atoms with Crippen molar-refractivity contribution in [2.75, 3.05) is 9.44 Å². The van der Waals surface area contributed by atoms with Crippen LogP contribution in [0.5, 0.6) is 5.75 Å². The van der Waals surface area contributed by atoms with Gasteiger partial charge in [0.15, 0.2) is 0 Å². The highest BCUT2D eigenvalue weighted by Gasteiger charge is 2.24. The number of aryl methyl sites for hydroxylation is 1. The average Bonchev–Trinajstić information content (AvgIpc) is 3.32. The molecule has 2 N–H and O–H groups in total. The third kappa shape index (κ3) is 5.15. The van der Waals surface area contributed by atoms with Gasteiger partial charge in [0.1, 0.15) is 15.7 Å². The van der Waals surface area contributed by atoms with Gasteiger partial charge in [0, 0.05) is 6.42 Å². The van der Waals surface area contributed by atoms with Gasteiger partial charge in [-0.25, -0.2) is 16.8 Å². The minimum atomic E-state index is -4.08. The first-order valence-corrected chi connectivity index (χ1v) is 14.2. The average molecular weight is 545 g/mol. The maximum absolute atomic E-state index is 13.1. The molecule has 7 nitrogen and oxygen atoms in total. The summed E-state index contributed by atoms with van der Waals surface area (Å²) in [5.74, 6) is 1.43. The first-order valence-electron chi connectivity index (χ1n) is 9.63. The number of anilines is 2. The largest absolute Gasteiger partial charge is 0.462 e. The fourth-order valence-electron chi connectivity index (χ4n) is 3.20. The summed E-state index contributed by atoms with van der Waals surface area (Å²) in [5.41, 5.74) is 0.645. The minimum absolute atomic E-state index is 0.00640. The number of sulfonamides is 2. The van der Waals surface area contributed by atoms with E-state index in [1.54, 1.807) is 17.5 Å². The Labute approximate surface area is 206 Å². The fraction of sp³-hybridized carbons (Fsp3) is 0.143. The van der Waals surface area contributed by atoms with Gasteiger partial charge in [0.25, 0.3) is 20.0 Å². The molecule has 0 saturated heterocycles. The lowest BCUT2D eigenvalue weighted by molar-refractivity contribution is 0.377. The number of hydrogen-bond donors (Lipinski definition) is 2. The van der Waals surface area contributed by atoms with Gasteiger partial charge in [-0.1, -0.05) is 29.3 Å². The van der Waals surface area contributed by atoms with Crippen LogP contribution < -0.4 is 14.2 Å². The molecule has 1 aliphatic rings. The van der Waals surface area contributed by atoms with Crippen molar-refractivity contribution in [2.45, 2.75) is 28.9 Å². The molecular formula is C21H18Cl2N2O5S3. The first kappa shape index (κ1) is 23.9. The van der Waals surface area contributed by atoms with E-state index in [2.05, 4.69) is 9.44 Å². The van der Waals surface area contributed by atoms with E-state index in [1.807, 2.05) is 13.0 Å². The van der Waals surface area contributed by atoms with Crippen LogP contribution in [0.25, 0.3) is 0 Å². The Hall–Kier alpha value is -2.24. The molecule has 174 valence electrons. The van der Waals surface area contributed by atoms with Gasteiger partial charge in [-0.05, 0) is 66.8 Å². The number of nitrogens with one attached hydrogen (secondary N) is 2. The van der Waals surface area contributed by atoms with Crippen molar-refractivity contribution in [1.29, 1.82) is 0 Å². The predicted molar refractivity (Wildman–Crippen MR) is 132 cm³/mol. The van der Waals surface area contributed by atoms with Crippen molar-refractivity contribution in [2.24, 2.45) is 0 Å². The lowest BCUT2D eigenvalue weighted by Crippen LogP contribution is -2.18. The smallest absolute Gasteiger partial charge is 0.271 e. The second kappa shape index (κ2) is 9.19. The summed E-state index contributed by atoms with van der Waals surface area (Å²) in [7, 11) is -8.03. The number of thiophene rings is 1. The van der Waals surface area contributed by atoms with E-state index in [0.717, 1.165) is 22.7 Å². The number of allylic oxidation sites excluding steroid dienone is 2. The first-order chi connectivity index (χ1) is 15.6. The standard InChI is InChI=1S/C21H18Cl2N2O5S3/c1-2-14-6-5-13-10-15(7-8-20(13)30-14)32(26,27)24-18-11-16(22)17(23)12-19(18)25-33(28,29)21-4-3-9-31-21/h2-4,7-12,24-25H,5-6H2,1H3/b14-2+. The third-order valence-corrected chi connectivity index (χ3v) is 9.70. The van der Waals surface area contributed by atoms with Crippen LogP contribution in [-0.2, 0) is 26.5 Å². The summed E-state index contributed by atoms with van der Waals surface area (Å²) in [6.45, 7) is 1.88. The lowest BCUT2D eigenvalue weighted by Gasteiger charge is -2.20. The predicted octanol–water partition coefficient (Wildman–Crippen LogP) is 5.89. The Balaban J connectivity index is 1.68. The Kier molecular flexibility index (Phi) is 6.66. The molecule has 12 heteroatoms. The van der Waals surface area contributed by atoms with Gasteiger partial charge in [-0.2, -0.15) is 0 Å². The number of benzene rings is 2. The van der Waals surface area contributed by atoms with E-state index in [0.29, 0.717) is 18.6 Å². The summed E-state index contributed by atoms with van der Waals surface area (Å²) in [4.78, 5) is 0.00640. The van der Waals surface area contributed by atoms with Gasteiger partial charge >= 0.3 is 0 Å². The summed E-state index contributed by atoms with van der Waals surface area (Å²) in [6, 6.07) is 10.1. The normalized spacial score (nSPS) is 15.1. The number of halogens is 2. The summed E-state index contributed by atoms with van der Waals surface area (Å²) in [6.07, 6.45) is 3.18. The molecular weight excluding hydrogens is 527 g/mol. The van der Waals surface area contributed by atoms with Crippen molar-refractivity contribution < 1.29 is 21.6 Å². The highest BCUT2D eigenvalue weighted by Crippen LogP contribution is 2.36. The summed E-state index contributed by atoms with van der Waals surface area (Å²) in [5, 5.41) is 1.74. The Morgan fingerprint density at radius 2 is 1.61 bits per heavy atom. The number of ether oxygens (including phenoxy) is 1. The molecule has 0 radical (unpaired) electrons. The van der Waals surface area contributed by atoms with E-state index >= 15 is 0 Å². The molecule has 2 aromatic carbocycles. The van der Waals surface area contributed by atoms with Gasteiger partial charge in [0.2, 0.25) is 0 Å². The van der Waals surface area contributed by atoms with Crippen molar-refractivity contribution in [1.82, 2.24) is 0 Å². The highest BCUT2D eigenvalue weighted by atomic mass is 35.5. The van der Waals surface area contributed by atoms with Crippen LogP contribution in [0.3, 0.4) is 0 Å². The van der Waals surface area contributed by atoms with Crippen LogP contribution >= 0.6 is 34.5 Å². The molecule has 2 heterocycles. The molecule has 1 aromatic heterocycles. The van der Waals surface area contributed by atoms with E-state index in [1.165, 1.54) is 30.3 Å². The Bertz CT molecular complexity index is 1450. The number of hydrogen-bond acceptors (Lipinski definition) is 6. The van der Waals surface area contributed by atoms with Gasteiger partial charge in [-0.3, -0.25) is 9.44 Å². The van der Waals surface area contributed by atoms with Crippen LogP contribution in [0.4, 0.5) is 11.4 Å². The van der Waals surface area contributed by atoms with Crippen LogP contribution in [0.1, 0.15) is 18.9 Å². The highest BCUT2D eigenvalue weighted by molar-refractivity contribution is 7.94. The second-order valence-electron chi connectivity index (χ2n) is 7.08. The van der Waals surface area contributed by atoms with Gasteiger partial charge in [-0.15, -0.1) is 11.3 Å². The number of rotatable bonds is 6. The molecule has 4 rings (SSSR count). The molecule has 1 aliphatic heterocycles. The molecule has 0 saturated carbocycles. The summed E-state index contributed by atoms with van der Waals surface area (Å²) < 4.78 is 62.3. The lowest BCUT2D eigenvalue weighted by atomic mass is 10.0. The Morgan fingerprint density at radius 1 is 0.939 bits per heavy atom. The van der Waals surface area contributed by atoms with Crippen molar-refractivity contribution in [3.8, 4) is 5.75 Å². The SMILES string of the molecule is C/C=C1\CCc2cc(S(=O)(=O)Nc3cc(Cl)c(Cl)cc3NS(=O)(=O)c3cccs3)ccc2O1. The van der Waals surface area contributed by atoms with E-state index in [-0.39, 0.29) is 30.5 Å². The quantitative estimate of drug-likeness (QED) is 0.403. The minimum Gasteiger partial charge on any atom is -0.462 e. The van der Waals surface area contributed by atoms with Crippen LogP contribution in [0.15, 0.2) is 68.8 Å². The monoisotopic (exact) mass is 544 g/mol.